The molecular formula is C15H19F3N2O2. The summed E-state index contributed by atoms with van der Waals surface area (Å²) >= 11 is 0. The van der Waals surface area contributed by atoms with Crippen molar-refractivity contribution in [2.45, 2.75) is 25.2 Å². The largest absolute Gasteiger partial charge is 0.465 e. The molecule has 0 aliphatic carbocycles. The lowest BCUT2D eigenvalue weighted by molar-refractivity contribution is 0.190. The van der Waals surface area contributed by atoms with Gasteiger partial charge in [-0.05, 0) is 62.5 Å². The minimum Gasteiger partial charge on any atom is -0.465 e. The molecule has 7 heteroatoms. The van der Waals surface area contributed by atoms with Gasteiger partial charge in [0.2, 0.25) is 0 Å². The number of carboxylic acid groups (broad SMARTS) is 1. The second-order valence-corrected chi connectivity index (χ2v) is 5.50. The van der Waals surface area contributed by atoms with Gasteiger partial charge >= 0.3 is 6.09 Å². The SMILES string of the molecule is O=C(O)NCCCN1CCC(c2cc(F)c(F)c(F)c2)CC1. The summed E-state index contributed by atoms with van der Waals surface area (Å²) in [7, 11) is 0. The predicted octanol–water partition coefficient (Wildman–Crippen LogP) is 2.94. The molecule has 1 aliphatic heterocycles. The topological polar surface area (TPSA) is 52.6 Å². The smallest absolute Gasteiger partial charge is 0.404 e. The number of carbonyl (C=O) groups is 1. The predicted molar refractivity (Wildman–Crippen MR) is 75.4 cm³/mol. The fourth-order valence-corrected chi connectivity index (χ4v) is 2.80. The fraction of sp³-hybridized carbons (Fsp3) is 0.533. The minimum atomic E-state index is -1.42. The Morgan fingerprint density at radius 2 is 1.82 bits per heavy atom. The average molecular weight is 316 g/mol. The molecule has 1 amide bonds. The zero-order valence-electron chi connectivity index (χ0n) is 12.1. The van der Waals surface area contributed by atoms with Crippen LogP contribution in [0.1, 0.15) is 30.7 Å². The zero-order valence-corrected chi connectivity index (χ0v) is 12.1. The van der Waals surface area contributed by atoms with Gasteiger partial charge in [-0.3, -0.25) is 0 Å². The number of hydrogen-bond acceptors (Lipinski definition) is 2. The summed E-state index contributed by atoms with van der Waals surface area (Å²) in [4.78, 5) is 12.5. The highest BCUT2D eigenvalue weighted by molar-refractivity contribution is 5.64. The third kappa shape index (κ3) is 4.37. The molecule has 1 fully saturated rings. The van der Waals surface area contributed by atoms with Crippen LogP contribution in [0.15, 0.2) is 12.1 Å². The summed E-state index contributed by atoms with van der Waals surface area (Å²) in [5.74, 6) is -3.68. The molecule has 1 aromatic rings. The molecule has 0 saturated carbocycles. The van der Waals surface area contributed by atoms with Crippen molar-refractivity contribution in [1.82, 2.24) is 10.2 Å². The van der Waals surface area contributed by atoms with Crippen molar-refractivity contribution in [2.75, 3.05) is 26.2 Å². The average Bonchev–Trinajstić information content (AvgIpc) is 2.49. The highest BCUT2D eigenvalue weighted by Crippen LogP contribution is 2.29. The van der Waals surface area contributed by atoms with Gasteiger partial charge in [0.15, 0.2) is 17.5 Å². The molecule has 122 valence electrons. The highest BCUT2D eigenvalue weighted by atomic mass is 19.2. The fourth-order valence-electron chi connectivity index (χ4n) is 2.80. The first-order valence-electron chi connectivity index (χ1n) is 7.31. The van der Waals surface area contributed by atoms with Gasteiger partial charge in [-0.15, -0.1) is 0 Å². The molecule has 1 heterocycles. The first-order chi connectivity index (χ1) is 10.5. The van der Waals surface area contributed by atoms with Crippen LogP contribution in [0.4, 0.5) is 18.0 Å². The number of rotatable bonds is 5. The number of piperidine rings is 1. The van der Waals surface area contributed by atoms with E-state index in [1.165, 1.54) is 0 Å². The van der Waals surface area contributed by atoms with Crippen LogP contribution in [0.3, 0.4) is 0 Å². The first-order valence-corrected chi connectivity index (χ1v) is 7.31. The monoisotopic (exact) mass is 316 g/mol. The maximum atomic E-state index is 13.3. The molecule has 4 nitrogen and oxygen atoms in total. The molecule has 0 atom stereocenters. The van der Waals surface area contributed by atoms with Gasteiger partial charge in [0, 0.05) is 6.54 Å². The Hall–Kier alpha value is -1.76. The van der Waals surface area contributed by atoms with Gasteiger partial charge in [0.25, 0.3) is 0 Å². The van der Waals surface area contributed by atoms with Crippen molar-refractivity contribution in [3.05, 3.63) is 35.1 Å². The lowest BCUT2D eigenvalue weighted by atomic mass is 9.89. The van der Waals surface area contributed by atoms with Crippen LogP contribution in [-0.2, 0) is 0 Å². The summed E-state index contributed by atoms with van der Waals surface area (Å²) in [6, 6.07) is 2.16. The third-order valence-electron chi connectivity index (χ3n) is 3.99. The molecule has 1 aromatic carbocycles. The quantitative estimate of drug-likeness (QED) is 0.649. The van der Waals surface area contributed by atoms with E-state index in [0.29, 0.717) is 12.1 Å². The van der Waals surface area contributed by atoms with E-state index in [4.69, 9.17) is 5.11 Å². The molecular weight excluding hydrogens is 297 g/mol. The Balaban J connectivity index is 1.81. The van der Waals surface area contributed by atoms with E-state index in [0.717, 1.165) is 51.0 Å². The number of nitrogens with zero attached hydrogens (tertiary/aromatic N) is 1. The van der Waals surface area contributed by atoms with Crippen molar-refractivity contribution in [2.24, 2.45) is 0 Å². The number of likely N-dealkylation sites (tertiary alicyclic amines) is 1. The Labute approximate surface area is 126 Å². The third-order valence-corrected chi connectivity index (χ3v) is 3.99. The lowest BCUT2D eigenvalue weighted by Crippen LogP contribution is -2.35. The summed E-state index contributed by atoms with van der Waals surface area (Å²) in [6.45, 7) is 2.74. The van der Waals surface area contributed by atoms with E-state index >= 15 is 0 Å². The van der Waals surface area contributed by atoms with Crippen molar-refractivity contribution in [1.29, 1.82) is 0 Å². The van der Waals surface area contributed by atoms with Crippen LogP contribution in [-0.4, -0.2) is 42.3 Å². The van der Waals surface area contributed by atoms with Crippen molar-refractivity contribution in [3.63, 3.8) is 0 Å². The van der Waals surface area contributed by atoms with Crippen LogP contribution in [0, 0.1) is 17.5 Å². The first kappa shape index (κ1) is 16.6. The number of nitrogens with one attached hydrogen (secondary N) is 1. The van der Waals surface area contributed by atoms with E-state index in [9.17, 15) is 18.0 Å². The number of benzene rings is 1. The molecule has 0 unspecified atom stereocenters. The molecule has 1 saturated heterocycles. The van der Waals surface area contributed by atoms with Crippen molar-refractivity contribution < 1.29 is 23.1 Å². The highest BCUT2D eigenvalue weighted by Gasteiger charge is 2.22. The summed E-state index contributed by atoms with van der Waals surface area (Å²) in [5, 5.41) is 10.8. The summed E-state index contributed by atoms with van der Waals surface area (Å²) in [5.41, 5.74) is 0.503. The van der Waals surface area contributed by atoms with Gasteiger partial charge in [0.1, 0.15) is 0 Å². The van der Waals surface area contributed by atoms with E-state index in [-0.39, 0.29) is 5.92 Å². The van der Waals surface area contributed by atoms with Gasteiger partial charge < -0.3 is 15.3 Å². The van der Waals surface area contributed by atoms with Crippen LogP contribution >= 0.6 is 0 Å². The Bertz CT molecular complexity index is 509. The molecule has 1 aliphatic rings. The molecule has 0 aromatic heterocycles. The second kappa shape index (κ2) is 7.49. The van der Waals surface area contributed by atoms with E-state index in [1.54, 1.807) is 0 Å². The maximum absolute atomic E-state index is 13.3. The molecule has 0 bridgehead atoms. The normalized spacial score (nSPS) is 16.7. The van der Waals surface area contributed by atoms with Crippen LogP contribution in [0.25, 0.3) is 0 Å². The Kier molecular flexibility index (Phi) is 5.65. The van der Waals surface area contributed by atoms with Crippen LogP contribution < -0.4 is 5.32 Å². The zero-order chi connectivity index (χ0) is 16.1. The molecule has 22 heavy (non-hydrogen) atoms. The minimum absolute atomic E-state index is 0.0259. The Morgan fingerprint density at radius 1 is 1.23 bits per heavy atom. The second-order valence-electron chi connectivity index (χ2n) is 5.50. The summed E-state index contributed by atoms with van der Waals surface area (Å²) in [6.07, 6.45) is 1.18. The van der Waals surface area contributed by atoms with E-state index in [2.05, 4.69) is 10.2 Å². The van der Waals surface area contributed by atoms with Gasteiger partial charge in [0.05, 0.1) is 0 Å². The van der Waals surface area contributed by atoms with Gasteiger partial charge in [-0.2, -0.15) is 0 Å². The summed E-state index contributed by atoms with van der Waals surface area (Å²) < 4.78 is 39.5. The standard InChI is InChI=1S/C15H19F3N2O2/c16-12-8-11(9-13(17)14(12)18)10-2-6-20(7-3-10)5-1-4-19-15(21)22/h8-10,19H,1-7H2,(H,21,22). The van der Waals surface area contributed by atoms with Crippen LogP contribution in [0.5, 0.6) is 0 Å². The number of halogens is 3. The molecule has 2 rings (SSSR count). The molecule has 0 radical (unpaired) electrons. The lowest BCUT2D eigenvalue weighted by Gasteiger charge is -2.32. The number of amides is 1. The Morgan fingerprint density at radius 3 is 2.36 bits per heavy atom. The maximum Gasteiger partial charge on any atom is 0.404 e. The molecule has 0 spiro atoms. The van der Waals surface area contributed by atoms with Crippen LogP contribution in [0.2, 0.25) is 0 Å². The van der Waals surface area contributed by atoms with Crippen molar-refractivity contribution >= 4 is 6.09 Å². The van der Waals surface area contributed by atoms with E-state index in [1.807, 2.05) is 0 Å². The van der Waals surface area contributed by atoms with E-state index < -0.39 is 23.5 Å². The number of hydrogen-bond donors (Lipinski definition) is 2. The van der Waals surface area contributed by atoms with Crippen molar-refractivity contribution in [3.8, 4) is 0 Å². The molecule has 2 N–H and O–H groups in total. The van der Waals surface area contributed by atoms with Gasteiger partial charge in [-0.1, -0.05) is 0 Å². The van der Waals surface area contributed by atoms with Gasteiger partial charge in [-0.25, -0.2) is 18.0 Å².